The average Bonchev–Trinajstić information content (AvgIpc) is 2.76. The molecule has 2 aromatic carbocycles. The molecule has 0 radical (unpaired) electrons. The molecule has 7 heteroatoms. The number of likely N-dealkylation sites (N-methyl/N-ethyl adjacent to an activating group) is 1. The lowest BCUT2D eigenvalue weighted by atomic mass is 9.89. The van der Waals surface area contributed by atoms with Crippen LogP contribution in [0.1, 0.15) is 21.8 Å². The Hall–Kier alpha value is -2.90. The summed E-state index contributed by atoms with van der Waals surface area (Å²) in [4.78, 5) is 29.2. The number of amides is 2. The quantitative estimate of drug-likeness (QED) is 0.823. The molecule has 0 aromatic heterocycles. The summed E-state index contributed by atoms with van der Waals surface area (Å²) in [6.45, 7) is 2.23. The van der Waals surface area contributed by atoms with E-state index in [0.717, 1.165) is 17.8 Å². The number of aliphatic hydroxyl groups is 1. The van der Waals surface area contributed by atoms with Gasteiger partial charge >= 0.3 is 0 Å². The molecule has 4 rings (SSSR count). The lowest BCUT2D eigenvalue weighted by molar-refractivity contribution is -0.117. The van der Waals surface area contributed by atoms with Crippen LogP contribution in [0.4, 0.5) is 11.4 Å². The molecule has 2 aromatic rings. The molecule has 29 heavy (non-hydrogen) atoms. The van der Waals surface area contributed by atoms with Gasteiger partial charge in [0, 0.05) is 43.6 Å². The first kappa shape index (κ1) is 19.4. The standard InChI is InChI=1S/C22H25N3O4/c1-24-13-20(18-7-2-3-8-19(18)22(24)28)21(27)23-15-5-4-6-16(11-15)25-9-10-29-17(12-25)14-26/h2-8,11,17,20,26H,9-10,12-14H2,1H3,(H,23,27). The van der Waals surface area contributed by atoms with E-state index in [2.05, 4.69) is 10.2 Å². The maximum Gasteiger partial charge on any atom is 0.253 e. The molecular formula is C22H25N3O4. The molecule has 1 saturated heterocycles. The molecule has 7 nitrogen and oxygen atoms in total. The summed E-state index contributed by atoms with van der Waals surface area (Å²) in [5.41, 5.74) is 3.03. The fourth-order valence-corrected chi connectivity index (χ4v) is 3.95. The van der Waals surface area contributed by atoms with Gasteiger partial charge in [-0.3, -0.25) is 9.59 Å². The topological polar surface area (TPSA) is 82.1 Å². The number of ether oxygens (including phenoxy) is 1. The number of carbonyl (C=O) groups excluding carboxylic acids is 2. The van der Waals surface area contributed by atoms with E-state index < -0.39 is 5.92 Å². The van der Waals surface area contributed by atoms with Gasteiger partial charge in [0.05, 0.1) is 25.2 Å². The van der Waals surface area contributed by atoms with Gasteiger partial charge in [-0.25, -0.2) is 0 Å². The summed E-state index contributed by atoms with van der Waals surface area (Å²) in [6, 6.07) is 15.0. The Morgan fingerprint density at radius 2 is 2.03 bits per heavy atom. The number of hydrogen-bond acceptors (Lipinski definition) is 5. The Morgan fingerprint density at radius 1 is 1.21 bits per heavy atom. The van der Waals surface area contributed by atoms with E-state index in [1.165, 1.54) is 0 Å². The second-order valence-corrected chi connectivity index (χ2v) is 7.49. The molecule has 2 aliphatic heterocycles. The summed E-state index contributed by atoms with van der Waals surface area (Å²) < 4.78 is 5.51. The SMILES string of the molecule is CN1CC(C(=O)Nc2cccc(N3CCOC(CO)C3)c2)c2ccccc2C1=O. The van der Waals surface area contributed by atoms with E-state index in [-0.39, 0.29) is 24.5 Å². The number of nitrogens with zero attached hydrogens (tertiary/aromatic N) is 2. The average molecular weight is 395 g/mol. The molecule has 1 fully saturated rings. The Labute approximate surface area is 169 Å². The van der Waals surface area contributed by atoms with Gasteiger partial charge < -0.3 is 25.0 Å². The van der Waals surface area contributed by atoms with E-state index in [4.69, 9.17) is 4.74 Å². The summed E-state index contributed by atoms with van der Waals surface area (Å²) >= 11 is 0. The molecule has 0 aliphatic carbocycles. The molecule has 152 valence electrons. The van der Waals surface area contributed by atoms with Crippen molar-refractivity contribution in [1.82, 2.24) is 4.90 Å². The molecule has 2 unspecified atom stereocenters. The Morgan fingerprint density at radius 3 is 2.86 bits per heavy atom. The Kier molecular flexibility index (Phi) is 5.51. The number of fused-ring (bicyclic) bond motifs is 1. The highest BCUT2D eigenvalue weighted by atomic mass is 16.5. The maximum atomic E-state index is 13.1. The van der Waals surface area contributed by atoms with Gasteiger partial charge in [0.1, 0.15) is 0 Å². The van der Waals surface area contributed by atoms with Crippen LogP contribution in [0.3, 0.4) is 0 Å². The number of benzene rings is 2. The predicted octanol–water partition coefficient (Wildman–Crippen LogP) is 1.69. The highest BCUT2D eigenvalue weighted by Crippen LogP contribution is 2.29. The van der Waals surface area contributed by atoms with Crippen molar-refractivity contribution in [3.8, 4) is 0 Å². The summed E-state index contributed by atoms with van der Waals surface area (Å²) in [6.07, 6.45) is -0.200. The predicted molar refractivity (Wildman–Crippen MR) is 110 cm³/mol. The molecule has 2 heterocycles. The summed E-state index contributed by atoms with van der Waals surface area (Å²) in [5, 5.41) is 12.4. The van der Waals surface area contributed by atoms with Crippen LogP contribution in [0.2, 0.25) is 0 Å². The zero-order chi connectivity index (χ0) is 20.4. The number of anilines is 2. The van der Waals surface area contributed by atoms with Crippen molar-refractivity contribution in [2.75, 3.05) is 50.1 Å². The van der Waals surface area contributed by atoms with Crippen LogP contribution in [0.5, 0.6) is 0 Å². The second-order valence-electron chi connectivity index (χ2n) is 7.49. The van der Waals surface area contributed by atoms with Crippen molar-refractivity contribution >= 4 is 23.2 Å². The van der Waals surface area contributed by atoms with E-state index in [9.17, 15) is 14.7 Å². The minimum Gasteiger partial charge on any atom is -0.394 e. The Bertz CT molecular complexity index is 916. The first-order valence-electron chi connectivity index (χ1n) is 9.79. The van der Waals surface area contributed by atoms with E-state index in [0.29, 0.717) is 30.9 Å². The third-order valence-electron chi connectivity index (χ3n) is 5.51. The molecule has 2 atom stereocenters. The molecule has 0 saturated carbocycles. The number of carbonyl (C=O) groups is 2. The van der Waals surface area contributed by atoms with Crippen molar-refractivity contribution < 1.29 is 19.4 Å². The fraction of sp³-hybridized carbons (Fsp3) is 0.364. The zero-order valence-corrected chi connectivity index (χ0v) is 16.4. The highest BCUT2D eigenvalue weighted by Gasteiger charge is 2.33. The van der Waals surface area contributed by atoms with Gasteiger partial charge in [0.25, 0.3) is 5.91 Å². The first-order chi connectivity index (χ1) is 14.1. The molecule has 2 amide bonds. The van der Waals surface area contributed by atoms with Crippen molar-refractivity contribution in [3.63, 3.8) is 0 Å². The largest absolute Gasteiger partial charge is 0.394 e. The van der Waals surface area contributed by atoms with Crippen LogP contribution in [0, 0.1) is 0 Å². The summed E-state index contributed by atoms with van der Waals surface area (Å²) in [5.74, 6) is -0.610. The van der Waals surface area contributed by atoms with Gasteiger partial charge in [-0.1, -0.05) is 24.3 Å². The van der Waals surface area contributed by atoms with Crippen LogP contribution >= 0.6 is 0 Å². The third-order valence-corrected chi connectivity index (χ3v) is 5.51. The molecule has 2 aliphatic rings. The molecule has 2 N–H and O–H groups in total. The second kappa shape index (κ2) is 8.23. The highest BCUT2D eigenvalue weighted by molar-refractivity contribution is 6.03. The van der Waals surface area contributed by atoms with E-state index in [1.54, 1.807) is 18.0 Å². The van der Waals surface area contributed by atoms with Crippen molar-refractivity contribution in [3.05, 3.63) is 59.7 Å². The van der Waals surface area contributed by atoms with Gasteiger partial charge in [-0.15, -0.1) is 0 Å². The van der Waals surface area contributed by atoms with Crippen LogP contribution < -0.4 is 10.2 Å². The minimum atomic E-state index is -0.417. The van der Waals surface area contributed by atoms with Crippen LogP contribution in [-0.4, -0.2) is 67.8 Å². The smallest absolute Gasteiger partial charge is 0.253 e. The number of rotatable bonds is 4. The number of aliphatic hydroxyl groups excluding tert-OH is 1. The van der Waals surface area contributed by atoms with Crippen LogP contribution in [0.15, 0.2) is 48.5 Å². The van der Waals surface area contributed by atoms with Gasteiger partial charge in [0.15, 0.2) is 0 Å². The van der Waals surface area contributed by atoms with E-state index >= 15 is 0 Å². The Balaban J connectivity index is 1.52. The monoisotopic (exact) mass is 395 g/mol. The van der Waals surface area contributed by atoms with Crippen molar-refractivity contribution in [2.24, 2.45) is 0 Å². The molecule has 0 spiro atoms. The van der Waals surface area contributed by atoms with Crippen molar-refractivity contribution in [1.29, 1.82) is 0 Å². The minimum absolute atomic E-state index is 0.0136. The van der Waals surface area contributed by atoms with Crippen LogP contribution in [0.25, 0.3) is 0 Å². The first-order valence-corrected chi connectivity index (χ1v) is 9.79. The van der Waals surface area contributed by atoms with Crippen molar-refractivity contribution in [2.45, 2.75) is 12.0 Å². The normalized spacial score (nSPS) is 21.7. The fourth-order valence-electron chi connectivity index (χ4n) is 3.95. The lowest BCUT2D eigenvalue weighted by Crippen LogP contribution is -2.44. The maximum absolute atomic E-state index is 13.1. The van der Waals surface area contributed by atoms with E-state index in [1.807, 2.05) is 42.5 Å². The van der Waals surface area contributed by atoms with Gasteiger partial charge in [0.2, 0.25) is 5.91 Å². The number of nitrogens with one attached hydrogen (secondary N) is 1. The zero-order valence-electron chi connectivity index (χ0n) is 16.4. The van der Waals surface area contributed by atoms with Gasteiger partial charge in [-0.05, 0) is 29.8 Å². The van der Waals surface area contributed by atoms with Gasteiger partial charge in [-0.2, -0.15) is 0 Å². The molecular weight excluding hydrogens is 370 g/mol. The summed E-state index contributed by atoms with van der Waals surface area (Å²) in [7, 11) is 1.72. The van der Waals surface area contributed by atoms with Crippen LogP contribution in [-0.2, 0) is 9.53 Å². The number of morpholine rings is 1. The lowest BCUT2D eigenvalue weighted by Gasteiger charge is -2.34. The molecule has 0 bridgehead atoms. The third kappa shape index (κ3) is 3.97. The number of hydrogen-bond donors (Lipinski definition) is 2.